The van der Waals surface area contributed by atoms with Crippen molar-refractivity contribution in [1.29, 1.82) is 0 Å². The molecule has 0 bridgehead atoms. The average molecular weight is 512 g/mol. The first kappa shape index (κ1) is 18.4. The Hall–Kier alpha value is -1.92. The van der Waals surface area contributed by atoms with E-state index in [0.717, 1.165) is 28.7 Å². The molecule has 0 unspecified atom stereocenters. The Morgan fingerprint density at radius 3 is 2.46 bits per heavy atom. The zero-order chi connectivity index (χ0) is 16.4. The maximum Gasteiger partial charge on any atom is 0.388 e. The molecule has 1 radical (unpaired) electrons. The molecular weight excluding hydrogens is 497 g/mol. The molecule has 129 valence electrons. The van der Waals surface area contributed by atoms with Gasteiger partial charge in [0.2, 0.25) is 0 Å². The number of nitrogens with zero attached hydrogens (tertiary/aromatic N) is 4. The van der Waals surface area contributed by atoms with Gasteiger partial charge in [-0.2, -0.15) is 13.2 Å². The molecule has 24 heavy (non-hydrogen) atoms. The Balaban J connectivity index is 0.00000208. The number of para-hydroxylation sites is 1. The van der Waals surface area contributed by atoms with Crippen LogP contribution in [0.5, 0.6) is 0 Å². The molecule has 0 saturated carbocycles. The summed E-state index contributed by atoms with van der Waals surface area (Å²) in [6.45, 7) is 2.02. The second kappa shape index (κ2) is 7.32. The van der Waals surface area contributed by atoms with Crippen LogP contribution < -0.4 is 0 Å². The van der Waals surface area contributed by atoms with Crippen molar-refractivity contribution in [3.05, 3.63) is 60.3 Å². The van der Waals surface area contributed by atoms with E-state index < -0.39 is 11.9 Å². The number of alkyl halides is 3. The molecule has 0 saturated heterocycles. The summed E-state index contributed by atoms with van der Waals surface area (Å²) in [5.41, 5.74) is -0.0818. The molecule has 0 aliphatic carbocycles. The van der Waals surface area contributed by atoms with Crippen LogP contribution in [0.3, 0.4) is 0 Å². The van der Waals surface area contributed by atoms with Crippen LogP contribution in [0, 0.1) is 6.20 Å². The van der Waals surface area contributed by atoms with E-state index >= 15 is 0 Å². The van der Waals surface area contributed by atoms with Crippen LogP contribution >= 0.6 is 0 Å². The van der Waals surface area contributed by atoms with Gasteiger partial charge in [-0.3, -0.25) is 10.1 Å². The topological polar surface area (TPSA) is 35.6 Å². The fourth-order valence-electron chi connectivity index (χ4n) is 2.26. The number of aromatic nitrogens is 4. The van der Waals surface area contributed by atoms with Gasteiger partial charge in [-0.05, 0) is 24.8 Å². The molecule has 1 aromatic carbocycles. The van der Waals surface area contributed by atoms with Crippen LogP contribution in [0.2, 0.25) is 0 Å². The van der Waals surface area contributed by atoms with Crippen LogP contribution in [0.4, 0.5) is 13.2 Å². The second-order valence-corrected chi connectivity index (χ2v) is 5.04. The first-order chi connectivity index (χ1) is 11.0. The van der Waals surface area contributed by atoms with Gasteiger partial charge in [-0.15, -0.1) is 6.07 Å². The largest absolute Gasteiger partial charge is 0.388 e. The number of imidazole rings is 1. The minimum absolute atomic E-state index is 0. The molecular formula is C16H14F3IrN4-. The van der Waals surface area contributed by atoms with Crippen molar-refractivity contribution in [2.24, 2.45) is 0 Å². The summed E-state index contributed by atoms with van der Waals surface area (Å²) in [6, 6.07) is 10.3. The number of halogens is 3. The zero-order valence-corrected chi connectivity index (χ0v) is 15.1. The third-order valence-corrected chi connectivity index (χ3v) is 3.31. The van der Waals surface area contributed by atoms with Crippen molar-refractivity contribution in [2.45, 2.75) is 25.9 Å². The molecule has 8 heteroatoms. The molecule has 0 atom stereocenters. The van der Waals surface area contributed by atoms with Crippen LogP contribution in [0.25, 0.3) is 11.5 Å². The van der Waals surface area contributed by atoms with Crippen LogP contribution in [-0.2, 0) is 32.7 Å². The molecule has 0 aliphatic rings. The SMILES string of the molecule is CCCc1nc(-n2[c-]cc(C(F)(F)F)n2)cn1-c1ccccc1.[Ir]. The Kier molecular flexibility index (Phi) is 5.62. The van der Waals surface area contributed by atoms with Crippen molar-refractivity contribution in [3.8, 4) is 11.5 Å². The molecule has 0 aliphatic heterocycles. The molecule has 4 nitrogen and oxygen atoms in total. The third-order valence-electron chi connectivity index (χ3n) is 3.31. The fraction of sp³-hybridized carbons (Fsp3) is 0.250. The number of rotatable bonds is 4. The van der Waals surface area contributed by atoms with E-state index in [4.69, 9.17) is 0 Å². The minimum atomic E-state index is -4.49. The summed E-state index contributed by atoms with van der Waals surface area (Å²) in [4.78, 5) is 4.41. The Labute approximate surface area is 150 Å². The summed E-state index contributed by atoms with van der Waals surface area (Å²) in [6.07, 6.45) is 1.24. The standard InChI is InChI=1S/C16H14F3N4.Ir/c1-2-6-14-20-15(11-22(14)12-7-4-3-5-8-12)23-10-9-13(21-23)16(17,18)19;/h3-5,7-9,11H,2,6H2,1H3;/q-1;. The quantitative estimate of drug-likeness (QED) is 0.500. The summed E-state index contributed by atoms with van der Waals surface area (Å²) in [5.74, 6) is 1.08. The van der Waals surface area contributed by atoms with E-state index in [9.17, 15) is 13.2 Å². The van der Waals surface area contributed by atoms with Crippen molar-refractivity contribution in [1.82, 2.24) is 19.3 Å². The van der Waals surface area contributed by atoms with E-state index in [1.807, 2.05) is 41.8 Å². The van der Waals surface area contributed by atoms with Crippen molar-refractivity contribution in [2.75, 3.05) is 0 Å². The third kappa shape index (κ3) is 3.76. The van der Waals surface area contributed by atoms with Gasteiger partial charge in [0.25, 0.3) is 0 Å². The minimum Gasteiger partial charge on any atom is -0.342 e. The second-order valence-electron chi connectivity index (χ2n) is 5.04. The van der Waals surface area contributed by atoms with E-state index in [-0.39, 0.29) is 20.1 Å². The van der Waals surface area contributed by atoms with Crippen molar-refractivity contribution >= 4 is 0 Å². The van der Waals surface area contributed by atoms with E-state index in [0.29, 0.717) is 12.2 Å². The molecule has 2 aromatic heterocycles. The Morgan fingerprint density at radius 2 is 1.88 bits per heavy atom. The number of benzene rings is 1. The fourth-order valence-corrected chi connectivity index (χ4v) is 2.26. The molecule has 0 N–H and O–H groups in total. The molecule has 2 heterocycles. The van der Waals surface area contributed by atoms with Crippen LogP contribution in [0.15, 0.2) is 42.6 Å². The summed E-state index contributed by atoms with van der Waals surface area (Å²) < 4.78 is 40.9. The first-order valence-corrected chi connectivity index (χ1v) is 7.18. The normalized spacial score (nSPS) is 11.3. The number of hydrogen-bond donors (Lipinski definition) is 0. The smallest absolute Gasteiger partial charge is 0.342 e. The predicted octanol–water partition coefficient (Wildman–Crippen LogP) is 3.83. The van der Waals surface area contributed by atoms with Gasteiger partial charge in [0.15, 0.2) is 0 Å². The van der Waals surface area contributed by atoms with Gasteiger partial charge in [-0.1, -0.05) is 31.3 Å². The molecule has 0 spiro atoms. The first-order valence-electron chi connectivity index (χ1n) is 7.18. The van der Waals surface area contributed by atoms with Gasteiger partial charge >= 0.3 is 6.18 Å². The van der Waals surface area contributed by atoms with Gasteiger partial charge in [0.1, 0.15) is 5.82 Å². The number of aryl methyl sites for hydroxylation is 1. The van der Waals surface area contributed by atoms with Crippen molar-refractivity contribution in [3.63, 3.8) is 0 Å². The van der Waals surface area contributed by atoms with Gasteiger partial charge in [0.05, 0.1) is 11.5 Å². The Morgan fingerprint density at radius 1 is 1.17 bits per heavy atom. The zero-order valence-electron chi connectivity index (χ0n) is 12.7. The van der Waals surface area contributed by atoms with Gasteiger partial charge in [0, 0.05) is 32.2 Å². The molecule has 3 rings (SSSR count). The van der Waals surface area contributed by atoms with E-state index in [2.05, 4.69) is 16.3 Å². The summed E-state index contributed by atoms with van der Waals surface area (Å²) in [5, 5.41) is 3.52. The predicted molar refractivity (Wildman–Crippen MR) is 78.5 cm³/mol. The van der Waals surface area contributed by atoms with E-state index in [1.54, 1.807) is 6.20 Å². The van der Waals surface area contributed by atoms with Gasteiger partial charge in [-0.25, -0.2) is 0 Å². The summed E-state index contributed by atoms with van der Waals surface area (Å²) >= 11 is 0. The number of hydrogen-bond acceptors (Lipinski definition) is 2. The van der Waals surface area contributed by atoms with Crippen LogP contribution in [-0.4, -0.2) is 19.3 Å². The maximum atomic E-state index is 12.7. The van der Waals surface area contributed by atoms with Crippen LogP contribution in [0.1, 0.15) is 24.9 Å². The molecule has 0 amide bonds. The maximum absolute atomic E-state index is 12.7. The summed E-state index contributed by atoms with van der Waals surface area (Å²) in [7, 11) is 0. The van der Waals surface area contributed by atoms with Crippen molar-refractivity contribution < 1.29 is 33.3 Å². The Bertz CT molecular complexity index is 793. The average Bonchev–Trinajstić information content (AvgIpc) is 3.14. The molecule has 3 aromatic rings. The van der Waals surface area contributed by atoms with Gasteiger partial charge < -0.3 is 9.25 Å². The monoisotopic (exact) mass is 512 g/mol. The molecule has 0 fully saturated rings. The van der Waals surface area contributed by atoms with E-state index in [1.165, 1.54) is 0 Å².